The predicted octanol–water partition coefficient (Wildman–Crippen LogP) is 0.444. The van der Waals surface area contributed by atoms with Crippen LogP contribution in [0.1, 0.15) is 12.8 Å². The van der Waals surface area contributed by atoms with Crippen LogP contribution in [-0.2, 0) is 4.79 Å². The van der Waals surface area contributed by atoms with Crippen molar-refractivity contribution in [3.63, 3.8) is 0 Å². The highest BCUT2D eigenvalue weighted by atomic mass is 19.3. The molecule has 0 unspecified atom stereocenters. The van der Waals surface area contributed by atoms with E-state index >= 15 is 0 Å². The third-order valence-corrected chi connectivity index (χ3v) is 3.04. The van der Waals surface area contributed by atoms with Crippen LogP contribution in [0, 0.1) is 11.8 Å². The second kappa shape index (κ2) is 1.79. The highest BCUT2D eigenvalue weighted by Gasteiger charge is 2.79. The Balaban J connectivity index is 2.26. The number of hydrogen-bond acceptors (Lipinski definition) is 2. The molecule has 5 heteroatoms. The Labute approximate surface area is 67.5 Å². The molecule has 12 heavy (non-hydrogen) atoms. The molecule has 3 atom stereocenters. The van der Waals surface area contributed by atoms with Crippen LogP contribution in [0.2, 0.25) is 0 Å². The lowest BCUT2D eigenvalue weighted by atomic mass is 10.0. The van der Waals surface area contributed by atoms with Gasteiger partial charge in [-0.2, -0.15) is 0 Å². The summed E-state index contributed by atoms with van der Waals surface area (Å²) in [5.41, 5.74) is 3.70. The van der Waals surface area contributed by atoms with E-state index in [9.17, 15) is 13.6 Å². The Hall–Kier alpha value is -0.710. The molecule has 0 bridgehead atoms. The van der Waals surface area contributed by atoms with Gasteiger partial charge in [0.05, 0.1) is 5.92 Å². The molecule has 0 aromatic heterocycles. The molecule has 2 fully saturated rings. The number of alkyl halides is 2. The molecule has 0 heterocycles. The van der Waals surface area contributed by atoms with Gasteiger partial charge >= 0.3 is 5.97 Å². The van der Waals surface area contributed by atoms with Gasteiger partial charge in [-0.25, -0.2) is 8.78 Å². The fourth-order valence-corrected chi connectivity index (χ4v) is 2.33. The summed E-state index contributed by atoms with van der Waals surface area (Å²) in [5, 5.41) is 8.59. The van der Waals surface area contributed by atoms with Crippen LogP contribution in [0.5, 0.6) is 0 Å². The summed E-state index contributed by atoms with van der Waals surface area (Å²) in [5.74, 6) is -5.79. The summed E-state index contributed by atoms with van der Waals surface area (Å²) in [6.45, 7) is 0. The van der Waals surface area contributed by atoms with Gasteiger partial charge in [0, 0.05) is 6.42 Å². The minimum atomic E-state index is -2.86. The van der Waals surface area contributed by atoms with Crippen molar-refractivity contribution in [1.82, 2.24) is 0 Å². The third-order valence-electron chi connectivity index (χ3n) is 3.04. The van der Waals surface area contributed by atoms with Crippen molar-refractivity contribution in [3.05, 3.63) is 0 Å². The Kier molecular flexibility index (Phi) is 1.18. The molecular formula is C7H9F2NO2. The first kappa shape index (κ1) is 7.91. The quantitative estimate of drug-likeness (QED) is 0.611. The second-order valence-corrected chi connectivity index (χ2v) is 3.62. The monoisotopic (exact) mass is 177 g/mol. The van der Waals surface area contributed by atoms with Crippen LogP contribution in [0.4, 0.5) is 8.78 Å². The van der Waals surface area contributed by atoms with Crippen molar-refractivity contribution < 1.29 is 18.7 Å². The highest BCUT2D eigenvalue weighted by Crippen LogP contribution is 2.65. The van der Waals surface area contributed by atoms with Crippen molar-refractivity contribution in [2.45, 2.75) is 24.3 Å². The highest BCUT2D eigenvalue weighted by molar-refractivity contribution is 5.84. The number of carboxylic acid groups (broad SMARTS) is 1. The summed E-state index contributed by atoms with van der Waals surface area (Å²) in [6.07, 6.45) is 0.0228. The van der Waals surface area contributed by atoms with Crippen molar-refractivity contribution in [3.8, 4) is 0 Å². The predicted molar refractivity (Wildman–Crippen MR) is 35.7 cm³/mol. The van der Waals surface area contributed by atoms with Gasteiger partial charge < -0.3 is 10.8 Å². The van der Waals surface area contributed by atoms with E-state index in [0.717, 1.165) is 0 Å². The first-order valence-corrected chi connectivity index (χ1v) is 3.81. The SMILES string of the molecule is N[C@]1(C(=O)O)[C@@H]2CCC(F)(F)[C@H]21. The van der Waals surface area contributed by atoms with E-state index in [2.05, 4.69) is 0 Å². The molecule has 2 aliphatic carbocycles. The summed E-state index contributed by atoms with van der Waals surface area (Å²) < 4.78 is 25.8. The maximum Gasteiger partial charge on any atom is 0.324 e. The fourth-order valence-electron chi connectivity index (χ4n) is 2.33. The first-order chi connectivity index (χ1) is 5.40. The molecule has 0 amide bonds. The number of hydrogen-bond donors (Lipinski definition) is 2. The molecule has 0 aromatic rings. The number of carbonyl (C=O) groups is 1. The van der Waals surface area contributed by atoms with Gasteiger partial charge in [-0.15, -0.1) is 0 Å². The van der Waals surface area contributed by atoms with E-state index in [-0.39, 0.29) is 12.8 Å². The zero-order valence-corrected chi connectivity index (χ0v) is 6.26. The minimum Gasteiger partial charge on any atom is -0.480 e. The largest absolute Gasteiger partial charge is 0.480 e. The van der Waals surface area contributed by atoms with E-state index < -0.39 is 29.3 Å². The minimum absolute atomic E-state index is 0.214. The lowest BCUT2D eigenvalue weighted by Gasteiger charge is -2.16. The molecule has 3 N–H and O–H groups in total. The number of nitrogens with two attached hydrogens (primary N) is 1. The molecule has 0 aromatic carbocycles. The zero-order valence-electron chi connectivity index (χ0n) is 6.26. The lowest BCUT2D eigenvalue weighted by molar-refractivity contribution is -0.143. The molecule has 0 spiro atoms. The normalized spacial score (nSPS) is 48.6. The molecule has 2 saturated carbocycles. The van der Waals surface area contributed by atoms with Gasteiger partial charge in [0.1, 0.15) is 5.54 Å². The molecule has 2 rings (SSSR count). The number of aliphatic carboxylic acids is 1. The first-order valence-electron chi connectivity index (χ1n) is 3.81. The molecular weight excluding hydrogens is 168 g/mol. The molecule has 0 radical (unpaired) electrons. The Morgan fingerprint density at radius 3 is 2.42 bits per heavy atom. The fraction of sp³-hybridized carbons (Fsp3) is 0.857. The molecule has 2 aliphatic rings. The van der Waals surface area contributed by atoms with Crippen molar-refractivity contribution in [2.24, 2.45) is 17.6 Å². The Morgan fingerprint density at radius 1 is 1.58 bits per heavy atom. The van der Waals surface area contributed by atoms with Gasteiger partial charge in [0.15, 0.2) is 0 Å². The number of halogens is 2. The maximum absolute atomic E-state index is 12.9. The Bertz CT molecular complexity index is 256. The third kappa shape index (κ3) is 0.652. The van der Waals surface area contributed by atoms with Gasteiger partial charge in [0.2, 0.25) is 0 Å². The van der Waals surface area contributed by atoms with Crippen molar-refractivity contribution >= 4 is 5.97 Å². The maximum atomic E-state index is 12.9. The summed E-state index contributed by atoms with van der Waals surface area (Å²) in [4.78, 5) is 10.5. The molecule has 68 valence electrons. The Morgan fingerprint density at radius 2 is 2.17 bits per heavy atom. The van der Waals surface area contributed by atoms with Gasteiger partial charge in [-0.1, -0.05) is 0 Å². The summed E-state index contributed by atoms with van der Waals surface area (Å²) in [7, 11) is 0. The van der Waals surface area contributed by atoms with Crippen molar-refractivity contribution in [2.75, 3.05) is 0 Å². The number of fused-ring (bicyclic) bond motifs is 1. The average Bonchev–Trinajstić information content (AvgIpc) is 2.41. The lowest BCUT2D eigenvalue weighted by Crippen LogP contribution is -2.42. The summed E-state index contributed by atoms with van der Waals surface area (Å²) in [6, 6.07) is 0. The van der Waals surface area contributed by atoms with Crippen LogP contribution in [0.3, 0.4) is 0 Å². The zero-order chi connectivity index (χ0) is 9.15. The van der Waals surface area contributed by atoms with Crippen LogP contribution in [0.15, 0.2) is 0 Å². The van der Waals surface area contributed by atoms with E-state index in [0.29, 0.717) is 0 Å². The van der Waals surface area contributed by atoms with Gasteiger partial charge in [-0.05, 0) is 12.3 Å². The van der Waals surface area contributed by atoms with E-state index in [1.807, 2.05) is 0 Å². The number of rotatable bonds is 1. The summed E-state index contributed by atoms with van der Waals surface area (Å²) >= 11 is 0. The molecule has 3 nitrogen and oxygen atoms in total. The van der Waals surface area contributed by atoms with Crippen molar-refractivity contribution in [1.29, 1.82) is 0 Å². The standard InChI is InChI=1S/C7H9F2NO2/c8-6(9)2-1-3-4(6)7(3,10)5(11)12/h3-4H,1-2,10H2,(H,11,12)/t3-,4+,7-/m1/s1. The molecule has 0 aliphatic heterocycles. The van der Waals surface area contributed by atoms with E-state index in [1.165, 1.54) is 0 Å². The topological polar surface area (TPSA) is 63.3 Å². The smallest absolute Gasteiger partial charge is 0.324 e. The average molecular weight is 177 g/mol. The van der Waals surface area contributed by atoms with E-state index in [1.54, 1.807) is 0 Å². The van der Waals surface area contributed by atoms with E-state index in [4.69, 9.17) is 10.8 Å². The number of carboxylic acids is 1. The second-order valence-electron chi connectivity index (χ2n) is 3.62. The van der Waals surface area contributed by atoms with Crippen LogP contribution < -0.4 is 5.73 Å². The van der Waals surface area contributed by atoms with Gasteiger partial charge in [-0.3, -0.25) is 4.79 Å². The van der Waals surface area contributed by atoms with Crippen LogP contribution in [-0.4, -0.2) is 22.5 Å². The van der Waals surface area contributed by atoms with Crippen LogP contribution >= 0.6 is 0 Å². The van der Waals surface area contributed by atoms with Gasteiger partial charge in [0.25, 0.3) is 5.92 Å². The van der Waals surface area contributed by atoms with Crippen LogP contribution in [0.25, 0.3) is 0 Å². The molecule has 0 saturated heterocycles.